The molecule has 58 heavy (non-hydrogen) atoms. The highest BCUT2D eigenvalue weighted by Gasteiger charge is 2.44. The summed E-state index contributed by atoms with van der Waals surface area (Å²) < 4.78 is 30.1. The number of aryl methyl sites for hydroxylation is 1. The Bertz CT molecular complexity index is 1310. The highest BCUT2D eigenvalue weighted by Crippen LogP contribution is 2.24. The Morgan fingerprint density at radius 3 is 1.74 bits per heavy atom. The van der Waals surface area contributed by atoms with Gasteiger partial charge >= 0.3 is 0 Å². The molecule has 1 aliphatic heterocycles. The zero-order valence-electron chi connectivity index (χ0n) is 35.3. The van der Waals surface area contributed by atoms with Gasteiger partial charge in [0.2, 0.25) is 5.91 Å². The van der Waals surface area contributed by atoms with E-state index in [9.17, 15) is 34.7 Å². The summed E-state index contributed by atoms with van der Waals surface area (Å²) in [5.41, 5.74) is 1.26. The number of hydrogen-bond acceptors (Lipinski definition) is 9. The van der Waals surface area contributed by atoms with Crippen LogP contribution < -0.4 is 10.1 Å². The first-order chi connectivity index (χ1) is 28.2. The van der Waals surface area contributed by atoms with E-state index in [2.05, 4.69) is 24.4 Å². The van der Waals surface area contributed by atoms with Crippen molar-refractivity contribution < 1.29 is 48.9 Å². The number of benzene rings is 2. The minimum absolute atomic E-state index is 0.161. The molecule has 0 aromatic heterocycles. The quantitative estimate of drug-likeness (QED) is 0.0388. The first-order valence-electron chi connectivity index (χ1n) is 22.6. The number of amides is 1. The number of rotatable bonds is 33. The van der Waals surface area contributed by atoms with E-state index in [1.807, 2.05) is 12.1 Å². The highest BCUT2D eigenvalue weighted by atomic mass is 19.1. The number of carbonyl (C=O) groups excluding carboxylic acids is 1. The summed E-state index contributed by atoms with van der Waals surface area (Å²) in [6.45, 7) is 1.52. The number of aliphatic hydroxyl groups is 5. The van der Waals surface area contributed by atoms with Crippen molar-refractivity contribution in [3.8, 4) is 11.5 Å². The molecule has 1 saturated heterocycles. The van der Waals surface area contributed by atoms with Crippen LogP contribution >= 0.6 is 0 Å². The third-order valence-electron chi connectivity index (χ3n) is 11.3. The van der Waals surface area contributed by atoms with Crippen molar-refractivity contribution >= 4 is 5.91 Å². The molecule has 0 aliphatic carbocycles. The number of carbonyl (C=O) groups is 1. The number of unbranched alkanes of at least 4 members (excludes halogenated alkanes) is 19. The molecule has 10 nitrogen and oxygen atoms in total. The maximum absolute atomic E-state index is 13.1. The van der Waals surface area contributed by atoms with Crippen molar-refractivity contribution in [3.05, 3.63) is 59.9 Å². The minimum atomic E-state index is -1.57. The number of aliphatic hydroxyl groups excluding tert-OH is 5. The fourth-order valence-corrected chi connectivity index (χ4v) is 7.54. The van der Waals surface area contributed by atoms with Gasteiger partial charge in [-0.2, -0.15) is 0 Å². The monoisotopic (exact) mass is 818 g/mol. The third-order valence-corrected chi connectivity index (χ3v) is 11.3. The Hall–Kier alpha value is -2.64. The van der Waals surface area contributed by atoms with Crippen LogP contribution in [0.2, 0.25) is 0 Å². The van der Waals surface area contributed by atoms with Gasteiger partial charge in [0.15, 0.2) is 6.29 Å². The Kier molecular flexibility index (Phi) is 26.1. The Labute approximate surface area is 347 Å². The molecule has 2 aromatic carbocycles. The lowest BCUT2D eigenvalue weighted by Gasteiger charge is -2.40. The highest BCUT2D eigenvalue weighted by molar-refractivity contribution is 5.76. The molecule has 2 aromatic rings. The summed E-state index contributed by atoms with van der Waals surface area (Å²) in [4.78, 5) is 13.0. The second-order valence-electron chi connectivity index (χ2n) is 16.3. The second-order valence-corrected chi connectivity index (χ2v) is 16.3. The van der Waals surface area contributed by atoms with E-state index in [0.29, 0.717) is 18.6 Å². The van der Waals surface area contributed by atoms with Crippen LogP contribution in [0.1, 0.15) is 160 Å². The smallest absolute Gasteiger partial charge is 0.220 e. The number of ether oxygens (including phenoxy) is 3. The predicted molar refractivity (Wildman–Crippen MR) is 226 cm³/mol. The first-order valence-corrected chi connectivity index (χ1v) is 22.6. The van der Waals surface area contributed by atoms with E-state index in [4.69, 9.17) is 14.2 Å². The lowest BCUT2D eigenvalue weighted by Crippen LogP contribution is -2.60. The molecule has 1 amide bonds. The maximum Gasteiger partial charge on any atom is 0.220 e. The Morgan fingerprint density at radius 1 is 0.690 bits per heavy atom. The molecule has 11 heteroatoms. The van der Waals surface area contributed by atoms with Crippen molar-refractivity contribution in [2.24, 2.45) is 0 Å². The van der Waals surface area contributed by atoms with Crippen LogP contribution in [-0.4, -0.2) is 87.5 Å². The molecule has 3 unspecified atom stereocenters. The van der Waals surface area contributed by atoms with Gasteiger partial charge in [0.05, 0.1) is 25.4 Å². The third kappa shape index (κ3) is 20.6. The van der Waals surface area contributed by atoms with Gasteiger partial charge in [0.1, 0.15) is 41.7 Å². The van der Waals surface area contributed by atoms with E-state index < -0.39 is 49.5 Å². The molecule has 3 rings (SSSR count). The van der Waals surface area contributed by atoms with Crippen molar-refractivity contribution in [3.63, 3.8) is 0 Å². The molecule has 0 bridgehead atoms. The van der Waals surface area contributed by atoms with Gasteiger partial charge in [-0.15, -0.1) is 0 Å². The Balaban J connectivity index is 1.29. The lowest BCUT2D eigenvalue weighted by molar-refractivity contribution is -0.302. The summed E-state index contributed by atoms with van der Waals surface area (Å²) in [5, 5.41) is 54.4. The SMILES string of the molecule is CCCCCCCCCCCCCCC[C@@H](O)[C@H](CO[C@H]1OC(CO)[C@H](O)C(O)C1O)NC(=O)CCCCCCCCCCc1ccc(Oc2ccc(F)cc2)cc1. The van der Waals surface area contributed by atoms with Crippen LogP contribution in [0.3, 0.4) is 0 Å². The van der Waals surface area contributed by atoms with E-state index in [1.54, 1.807) is 12.1 Å². The van der Waals surface area contributed by atoms with Gasteiger partial charge in [-0.3, -0.25) is 4.79 Å². The van der Waals surface area contributed by atoms with Crippen LogP contribution in [0, 0.1) is 5.82 Å². The van der Waals surface area contributed by atoms with Crippen LogP contribution in [0.25, 0.3) is 0 Å². The molecule has 0 saturated carbocycles. The Morgan fingerprint density at radius 2 is 1.19 bits per heavy atom. The van der Waals surface area contributed by atoms with Crippen LogP contribution in [0.4, 0.5) is 4.39 Å². The molecular weight excluding hydrogens is 742 g/mol. The minimum Gasteiger partial charge on any atom is -0.457 e. The van der Waals surface area contributed by atoms with Crippen molar-refractivity contribution in [2.75, 3.05) is 13.2 Å². The van der Waals surface area contributed by atoms with Crippen molar-refractivity contribution in [1.82, 2.24) is 5.32 Å². The molecular formula is C47H76FNO9. The maximum atomic E-state index is 13.1. The molecule has 7 atom stereocenters. The predicted octanol–water partition coefficient (Wildman–Crippen LogP) is 8.81. The second kappa shape index (κ2) is 30.4. The fourth-order valence-electron chi connectivity index (χ4n) is 7.54. The summed E-state index contributed by atoms with van der Waals surface area (Å²) in [7, 11) is 0. The molecule has 1 heterocycles. The standard InChI is InChI=1S/C47H76FNO9/c1-2-3-4-5-6-7-8-9-10-11-15-18-21-24-41(51)40(35-56-47-46(55)45(54)44(53)42(34-50)58-47)49-43(52)25-22-19-16-13-12-14-17-20-23-36-26-30-38(31-27-36)57-39-32-28-37(48)29-33-39/h26-33,40-42,44-47,50-51,53-55H,2-25,34-35H2,1H3,(H,49,52)/t40-,41+,42?,44-,45?,46?,47-/m0/s1. The van der Waals surface area contributed by atoms with Crippen LogP contribution in [0.15, 0.2) is 48.5 Å². The normalized spacial score (nSPS) is 20.5. The largest absolute Gasteiger partial charge is 0.457 e. The van der Waals surface area contributed by atoms with E-state index in [-0.39, 0.29) is 18.3 Å². The van der Waals surface area contributed by atoms with Crippen LogP contribution in [-0.2, 0) is 20.7 Å². The summed E-state index contributed by atoms with van der Waals surface area (Å²) in [6.07, 6.45) is 18.2. The average Bonchev–Trinajstić information content (AvgIpc) is 3.22. The zero-order valence-corrected chi connectivity index (χ0v) is 35.3. The van der Waals surface area contributed by atoms with Gasteiger partial charge in [0.25, 0.3) is 0 Å². The molecule has 1 fully saturated rings. The summed E-state index contributed by atoms with van der Waals surface area (Å²) in [5.74, 6) is 0.867. The average molecular weight is 818 g/mol. The van der Waals surface area contributed by atoms with Gasteiger partial charge in [0, 0.05) is 6.42 Å². The summed E-state index contributed by atoms with van der Waals surface area (Å²) >= 11 is 0. The van der Waals surface area contributed by atoms with Crippen molar-refractivity contribution in [1.29, 1.82) is 0 Å². The number of halogens is 1. The molecule has 1 aliphatic rings. The molecule has 330 valence electrons. The van der Waals surface area contributed by atoms with E-state index in [1.165, 1.54) is 88.3 Å². The molecule has 6 N–H and O–H groups in total. The topological polar surface area (TPSA) is 158 Å². The number of hydrogen-bond donors (Lipinski definition) is 6. The van der Waals surface area contributed by atoms with Gasteiger partial charge < -0.3 is 45.1 Å². The summed E-state index contributed by atoms with van der Waals surface area (Å²) in [6, 6.07) is 13.3. The van der Waals surface area contributed by atoms with E-state index >= 15 is 0 Å². The van der Waals surface area contributed by atoms with Gasteiger partial charge in [-0.05, 0) is 67.6 Å². The van der Waals surface area contributed by atoms with Crippen molar-refractivity contribution in [2.45, 2.75) is 204 Å². The fraction of sp³-hybridized carbons (Fsp3) is 0.723. The van der Waals surface area contributed by atoms with Gasteiger partial charge in [-0.1, -0.05) is 141 Å². The van der Waals surface area contributed by atoms with Gasteiger partial charge in [-0.25, -0.2) is 4.39 Å². The number of nitrogens with one attached hydrogen (secondary N) is 1. The first kappa shape index (κ1) is 49.7. The van der Waals surface area contributed by atoms with E-state index in [0.717, 1.165) is 76.4 Å². The molecule has 0 radical (unpaired) electrons. The van der Waals surface area contributed by atoms with Crippen LogP contribution in [0.5, 0.6) is 11.5 Å². The molecule has 0 spiro atoms. The zero-order chi connectivity index (χ0) is 41.8. The lowest BCUT2D eigenvalue weighted by atomic mass is 9.99.